The number of carbonyl (C=O) groups is 1. The van der Waals surface area contributed by atoms with Gasteiger partial charge in [0, 0.05) is 18.4 Å². The molecule has 3 nitrogen and oxygen atoms in total. The minimum absolute atomic E-state index is 0.261. The Hall–Kier alpha value is -2.13. The Kier molecular flexibility index (Phi) is 3.77. The molecule has 1 heterocycles. The third kappa shape index (κ3) is 3.02. The molecule has 0 saturated carbocycles. The van der Waals surface area contributed by atoms with Crippen LogP contribution in [-0.2, 0) is 16.8 Å². The second-order valence-corrected chi connectivity index (χ2v) is 7.19. The second-order valence-electron chi connectivity index (χ2n) is 7.19. The van der Waals surface area contributed by atoms with Crippen LogP contribution in [-0.4, -0.2) is 11.5 Å². The van der Waals surface area contributed by atoms with Crippen LogP contribution in [0.15, 0.2) is 48.5 Å². The Bertz CT molecular complexity index is 731. The van der Waals surface area contributed by atoms with Crippen molar-refractivity contribution in [3.05, 3.63) is 70.8 Å². The van der Waals surface area contributed by atoms with Gasteiger partial charge in [-0.25, -0.2) is 4.79 Å². The number of fused-ring (bicyclic) bond motifs is 1. The Morgan fingerprint density at radius 3 is 2.48 bits per heavy atom. The minimum Gasteiger partial charge on any atom is -0.450 e. The van der Waals surface area contributed by atoms with Crippen molar-refractivity contribution in [3.8, 4) is 0 Å². The lowest BCUT2D eigenvalue weighted by molar-refractivity contribution is -0.0414. The Balaban J connectivity index is 2.15. The first-order chi connectivity index (χ1) is 10.8. The molecule has 0 spiro atoms. The summed E-state index contributed by atoms with van der Waals surface area (Å²) in [5, 5.41) is 0. The van der Waals surface area contributed by atoms with Gasteiger partial charge in [-0.3, -0.25) is 0 Å². The van der Waals surface area contributed by atoms with Crippen molar-refractivity contribution in [2.45, 2.75) is 44.8 Å². The van der Waals surface area contributed by atoms with Crippen LogP contribution in [0, 0.1) is 6.92 Å². The number of esters is 1. The molecule has 1 unspecified atom stereocenters. The molecule has 23 heavy (non-hydrogen) atoms. The van der Waals surface area contributed by atoms with Gasteiger partial charge < -0.3 is 10.5 Å². The number of carbonyl (C=O) groups excluding carboxylic acids is 1. The van der Waals surface area contributed by atoms with E-state index in [-0.39, 0.29) is 5.97 Å². The van der Waals surface area contributed by atoms with E-state index in [0.29, 0.717) is 18.4 Å². The van der Waals surface area contributed by atoms with Gasteiger partial charge in [0.15, 0.2) is 0 Å². The number of cyclic esters (lactones) is 1. The van der Waals surface area contributed by atoms with Gasteiger partial charge in [0.1, 0.15) is 5.60 Å². The van der Waals surface area contributed by atoms with E-state index in [0.717, 1.165) is 16.7 Å². The van der Waals surface area contributed by atoms with Gasteiger partial charge in [-0.1, -0.05) is 42.5 Å². The summed E-state index contributed by atoms with van der Waals surface area (Å²) in [7, 11) is 0. The van der Waals surface area contributed by atoms with Gasteiger partial charge in [0.05, 0.1) is 5.56 Å². The number of benzene rings is 2. The van der Waals surface area contributed by atoms with Gasteiger partial charge >= 0.3 is 5.97 Å². The third-order valence-electron chi connectivity index (χ3n) is 4.42. The highest BCUT2D eigenvalue weighted by molar-refractivity contribution is 5.93. The first kappa shape index (κ1) is 15.8. The normalized spacial score (nSPS) is 20.8. The second kappa shape index (κ2) is 5.50. The summed E-state index contributed by atoms with van der Waals surface area (Å²) in [6.07, 6.45) is 1.23. The molecule has 0 aromatic heterocycles. The maximum Gasteiger partial charge on any atom is 0.339 e. The van der Waals surface area contributed by atoms with E-state index in [9.17, 15) is 4.79 Å². The average Bonchev–Trinajstić information content (AvgIpc) is 2.48. The number of hydrogen-bond acceptors (Lipinski definition) is 3. The molecule has 0 aliphatic carbocycles. The van der Waals surface area contributed by atoms with Gasteiger partial charge in [-0.2, -0.15) is 0 Å². The standard InChI is InChI=1S/C20H23NO2/c1-14-8-7-11-16-17(14)12-20(23-18(16)22,13-19(2,3)21)15-9-5-4-6-10-15/h4-11H,12-13,21H2,1-3H3. The molecule has 3 rings (SSSR count). The van der Waals surface area contributed by atoms with Crippen LogP contribution >= 0.6 is 0 Å². The molecular weight excluding hydrogens is 286 g/mol. The lowest BCUT2D eigenvalue weighted by atomic mass is 9.75. The molecule has 2 aromatic carbocycles. The SMILES string of the molecule is Cc1cccc2c1CC(CC(C)(C)N)(c1ccccc1)OC2=O. The van der Waals surface area contributed by atoms with Gasteiger partial charge in [0.25, 0.3) is 0 Å². The maximum atomic E-state index is 12.6. The van der Waals surface area contributed by atoms with Crippen LogP contribution in [0.1, 0.15) is 47.3 Å². The highest BCUT2D eigenvalue weighted by atomic mass is 16.6. The zero-order valence-corrected chi connectivity index (χ0v) is 13.9. The van der Waals surface area contributed by atoms with Crippen LogP contribution < -0.4 is 5.73 Å². The number of hydrogen-bond donors (Lipinski definition) is 1. The van der Waals surface area contributed by atoms with Crippen molar-refractivity contribution >= 4 is 5.97 Å². The zero-order valence-electron chi connectivity index (χ0n) is 13.9. The maximum absolute atomic E-state index is 12.6. The van der Waals surface area contributed by atoms with Crippen molar-refractivity contribution in [1.29, 1.82) is 0 Å². The number of rotatable bonds is 3. The third-order valence-corrected chi connectivity index (χ3v) is 4.42. The fraction of sp³-hybridized carbons (Fsp3) is 0.350. The van der Waals surface area contributed by atoms with Gasteiger partial charge in [0.2, 0.25) is 0 Å². The number of nitrogens with two attached hydrogens (primary N) is 1. The lowest BCUT2D eigenvalue weighted by Crippen LogP contribution is -2.47. The minimum atomic E-state index is -0.713. The molecule has 1 atom stereocenters. The summed E-state index contributed by atoms with van der Waals surface area (Å²) in [5.74, 6) is -0.261. The Morgan fingerprint density at radius 2 is 1.83 bits per heavy atom. The predicted octanol–water partition coefficient (Wildman–Crippen LogP) is 3.73. The fourth-order valence-corrected chi connectivity index (χ4v) is 3.52. The van der Waals surface area contributed by atoms with E-state index in [4.69, 9.17) is 10.5 Å². The van der Waals surface area contributed by atoms with Crippen LogP contribution in [0.5, 0.6) is 0 Å². The first-order valence-corrected chi connectivity index (χ1v) is 7.97. The summed E-state index contributed by atoms with van der Waals surface area (Å²) in [4.78, 5) is 12.6. The Morgan fingerprint density at radius 1 is 1.13 bits per heavy atom. The summed E-state index contributed by atoms with van der Waals surface area (Å²) in [6.45, 7) is 5.98. The molecule has 0 radical (unpaired) electrons. The quantitative estimate of drug-likeness (QED) is 0.879. The summed E-state index contributed by atoms with van der Waals surface area (Å²) < 4.78 is 6.00. The van der Waals surface area contributed by atoms with Crippen molar-refractivity contribution < 1.29 is 9.53 Å². The van der Waals surface area contributed by atoms with Crippen molar-refractivity contribution in [3.63, 3.8) is 0 Å². The van der Waals surface area contributed by atoms with Crippen molar-refractivity contribution in [2.24, 2.45) is 5.73 Å². The number of ether oxygens (including phenoxy) is 1. The predicted molar refractivity (Wildman–Crippen MR) is 91.3 cm³/mol. The molecule has 1 aliphatic heterocycles. The van der Waals surface area contributed by atoms with Crippen LogP contribution in [0.4, 0.5) is 0 Å². The monoisotopic (exact) mass is 309 g/mol. The molecule has 0 fully saturated rings. The van der Waals surface area contributed by atoms with E-state index < -0.39 is 11.1 Å². The van der Waals surface area contributed by atoms with E-state index in [1.807, 2.05) is 69.3 Å². The summed E-state index contributed by atoms with van der Waals surface area (Å²) >= 11 is 0. The molecule has 120 valence electrons. The highest BCUT2D eigenvalue weighted by Crippen LogP contribution is 2.42. The lowest BCUT2D eigenvalue weighted by Gasteiger charge is -2.42. The molecule has 0 saturated heterocycles. The molecule has 1 aliphatic rings. The van der Waals surface area contributed by atoms with Crippen molar-refractivity contribution in [2.75, 3.05) is 0 Å². The van der Waals surface area contributed by atoms with Crippen LogP contribution in [0.3, 0.4) is 0 Å². The van der Waals surface area contributed by atoms with Crippen LogP contribution in [0.2, 0.25) is 0 Å². The van der Waals surface area contributed by atoms with E-state index in [1.165, 1.54) is 0 Å². The zero-order chi connectivity index (χ0) is 16.7. The van der Waals surface area contributed by atoms with E-state index >= 15 is 0 Å². The molecule has 3 heteroatoms. The number of aryl methyl sites for hydroxylation is 1. The van der Waals surface area contributed by atoms with Gasteiger partial charge in [-0.15, -0.1) is 0 Å². The highest BCUT2D eigenvalue weighted by Gasteiger charge is 2.44. The summed E-state index contributed by atoms with van der Waals surface area (Å²) in [6, 6.07) is 15.7. The largest absolute Gasteiger partial charge is 0.450 e. The van der Waals surface area contributed by atoms with Crippen LogP contribution in [0.25, 0.3) is 0 Å². The van der Waals surface area contributed by atoms with Gasteiger partial charge in [-0.05, 0) is 43.5 Å². The van der Waals surface area contributed by atoms with Crippen molar-refractivity contribution in [1.82, 2.24) is 0 Å². The molecular formula is C20H23NO2. The molecule has 0 amide bonds. The Labute approximate surface area is 137 Å². The molecule has 0 bridgehead atoms. The topological polar surface area (TPSA) is 52.3 Å². The fourth-order valence-electron chi connectivity index (χ4n) is 3.52. The van der Waals surface area contributed by atoms with E-state index in [2.05, 4.69) is 0 Å². The smallest absolute Gasteiger partial charge is 0.339 e. The van der Waals surface area contributed by atoms with E-state index in [1.54, 1.807) is 0 Å². The summed E-state index contributed by atoms with van der Waals surface area (Å²) in [5.41, 5.74) is 9.00. The average molecular weight is 309 g/mol. The first-order valence-electron chi connectivity index (χ1n) is 7.97. The molecule has 2 aromatic rings. The molecule has 2 N–H and O–H groups in total.